The summed E-state index contributed by atoms with van der Waals surface area (Å²) < 4.78 is 26.4. The van der Waals surface area contributed by atoms with Gasteiger partial charge in [0.25, 0.3) is 0 Å². The summed E-state index contributed by atoms with van der Waals surface area (Å²) in [6.45, 7) is 3.91. The van der Waals surface area contributed by atoms with Crippen LogP contribution < -0.4 is 4.74 Å². The molecule has 1 aliphatic carbocycles. The molecule has 2 fully saturated rings. The second kappa shape index (κ2) is 9.75. The molecule has 0 amide bonds. The molecule has 1 aromatic carbocycles. The Balaban J connectivity index is 1.40. The second-order valence-electron chi connectivity index (χ2n) is 10.3. The van der Waals surface area contributed by atoms with Gasteiger partial charge in [-0.05, 0) is 78.6 Å². The maximum atomic E-state index is 12.8. The number of methoxy groups -OCH3 is 1. The van der Waals surface area contributed by atoms with Crippen LogP contribution in [0.2, 0.25) is 0 Å². The first-order valence-corrected chi connectivity index (χ1v) is 13.0. The molecule has 4 heterocycles. The average Bonchev–Trinajstić information content (AvgIpc) is 3.17. The number of halogens is 1. The van der Waals surface area contributed by atoms with Gasteiger partial charge in [-0.15, -0.1) is 0 Å². The molecule has 1 unspecified atom stereocenters. The fourth-order valence-corrected chi connectivity index (χ4v) is 6.08. The smallest absolute Gasteiger partial charge is 0.137 e. The summed E-state index contributed by atoms with van der Waals surface area (Å²) in [5.41, 5.74) is 8.79. The topological polar surface area (TPSA) is 39.0 Å². The maximum Gasteiger partial charge on any atom is 0.137 e. The number of alkyl halides is 1. The van der Waals surface area contributed by atoms with E-state index >= 15 is 0 Å². The molecule has 1 atom stereocenters. The van der Waals surface area contributed by atoms with Gasteiger partial charge in [0.15, 0.2) is 0 Å². The van der Waals surface area contributed by atoms with Crippen molar-refractivity contribution in [2.75, 3.05) is 40.1 Å². The minimum Gasteiger partial charge on any atom is -0.497 e. The molecule has 5 nitrogen and oxygen atoms in total. The van der Waals surface area contributed by atoms with Gasteiger partial charge in [0.2, 0.25) is 0 Å². The quantitative estimate of drug-likeness (QED) is 0.484. The molecule has 2 aromatic heterocycles. The Morgan fingerprint density at radius 3 is 2.86 bits per heavy atom. The van der Waals surface area contributed by atoms with Crippen molar-refractivity contribution in [3.8, 4) is 5.75 Å². The van der Waals surface area contributed by atoms with Crippen LogP contribution in [0.5, 0.6) is 5.75 Å². The van der Waals surface area contributed by atoms with Crippen LogP contribution in [0.1, 0.15) is 48.1 Å². The number of likely N-dealkylation sites (tertiary alicyclic amines) is 1. The number of imidazole rings is 1. The molecular formula is C29H34FN3O2. The average molecular weight is 476 g/mol. The van der Waals surface area contributed by atoms with E-state index in [0.29, 0.717) is 5.92 Å². The third-order valence-corrected chi connectivity index (χ3v) is 7.88. The zero-order chi connectivity index (χ0) is 23.8. The molecule has 0 spiro atoms. The monoisotopic (exact) mass is 475 g/mol. The summed E-state index contributed by atoms with van der Waals surface area (Å²) in [7, 11) is 1.74. The van der Waals surface area contributed by atoms with E-state index in [1.165, 1.54) is 34.3 Å². The molecule has 184 valence electrons. The van der Waals surface area contributed by atoms with Crippen molar-refractivity contribution in [1.82, 2.24) is 14.3 Å². The molecule has 6 rings (SSSR count). The van der Waals surface area contributed by atoms with Crippen LogP contribution in [0.25, 0.3) is 11.2 Å². The van der Waals surface area contributed by atoms with Crippen LogP contribution in [0.4, 0.5) is 4.39 Å². The molecule has 0 radical (unpaired) electrons. The number of fused-ring (bicyclic) bond motifs is 2. The summed E-state index contributed by atoms with van der Waals surface area (Å²) >= 11 is 0. The zero-order valence-electron chi connectivity index (χ0n) is 20.5. The van der Waals surface area contributed by atoms with Crippen LogP contribution >= 0.6 is 0 Å². The van der Waals surface area contributed by atoms with E-state index < -0.39 is 0 Å². The summed E-state index contributed by atoms with van der Waals surface area (Å²) in [6.07, 6.45) is 9.85. The number of hydrogen-bond donors (Lipinski definition) is 0. The summed E-state index contributed by atoms with van der Waals surface area (Å²) in [4.78, 5) is 7.21. The van der Waals surface area contributed by atoms with Gasteiger partial charge in [-0.3, -0.25) is 9.29 Å². The lowest BCUT2D eigenvalue weighted by atomic mass is 9.83. The lowest BCUT2D eigenvalue weighted by molar-refractivity contribution is 0.0664. The number of hydrogen-bond acceptors (Lipinski definition) is 4. The highest BCUT2D eigenvalue weighted by Crippen LogP contribution is 2.41. The van der Waals surface area contributed by atoms with Crippen LogP contribution in [-0.4, -0.2) is 54.4 Å². The normalized spacial score (nSPS) is 21.6. The van der Waals surface area contributed by atoms with Crippen molar-refractivity contribution in [1.29, 1.82) is 0 Å². The highest BCUT2D eigenvalue weighted by atomic mass is 19.1. The van der Waals surface area contributed by atoms with Crippen molar-refractivity contribution in [2.24, 2.45) is 11.8 Å². The zero-order valence-corrected chi connectivity index (χ0v) is 20.5. The Labute approximate surface area is 206 Å². The lowest BCUT2D eigenvalue weighted by Gasteiger charge is -2.37. The third kappa shape index (κ3) is 4.50. The number of aryl methyl sites for hydroxylation is 1. The fourth-order valence-electron chi connectivity index (χ4n) is 6.08. The molecule has 0 bridgehead atoms. The predicted octanol–water partition coefficient (Wildman–Crippen LogP) is 5.31. The van der Waals surface area contributed by atoms with Crippen LogP contribution in [0, 0.1) is 11.8 Å². The molecular weight excluding hydrogens is 441 g/mol. The number of rotatable bonds is 6. The fraction of sp³-hybridized carbons (Fsp3) is 0.483. The van der Waals surface area contributed by atoms with Crippen molar-refractivity contribution in [2.45, 2.75) is 38.6 Å². The van der Waals surface area contributed by atoms with Gasteiger partial charge in [-0.25, -0.2) is 4.98 Å². The van der Waals surface area contributed by atoms with Crippen molar-refractivity contribution in [3.05, 3.63) is 70.7 Å². The van der Waals surface area contributed by atoms with Crippen molar-refractivity contribution >= 4 is 11.2 Å². The largest absolute Gasteiger partial charge is 0.497 e. The molecule has 6 heteroatoms. The first kappa shape index (κ1) is 22.7. The molecule has 2 saturated heterocycles. The van der Waals surface area contributed by atoms with Gasteiger partial charge >= 0.3 is 0 Å². The molecule has 0 saturated carbocycles. The standard InChI is InChI=1S/C29H34FN3O2/c1-34-25-7-8-27-21(12-25)4-2-6-26(23-5-3-11-35-19-23)29(27)22-9-10-33-18-24(31-28(33)13-22)17-32-15-20(14-30)16-32/h7-10,12-13,18,20,23H,2-6,11,14-17,19H2,1H3. The Morgan fingerprint density at radius 1 is 1.14 bits per heavy atom. The summed E-state index contributed by atoms with van der Waals surface area (Å²) in [5, 5.41) is 0. The van der Waals surface area contributed by atoms with E-state index in [4.69, 9.17) is 14.5 Å². The maximum absolute atomic E-state index is 12.8. The SMILES string of the molecule is COc1ccc2c(c1)CCCC(C1CCCOC1)=C2c1ccn2cc(CN3CC(CF)C3)nc2c1. The van der Waals surface area contributed by atoms with Crippen LogP contribution in [0.15, 0.2) is 48.3 Å². The second-order valence-corrected chi connectivity index (χ2v) is 10.3. The van der Waals surface area contributed by atoms with Crippen molar-refractivity contribution in [3.63, 3.8) is 0 Å². The van der Waals surface area contributed by atoms with Gasteiger partial charge in [0.1, 0.15) is 11.4 Å². The summed E-state index contributed by atoms with van der Waals surface area (Å²) in [6, 6.07) is 11.0. The molecule has 3 aromatic rings. The van der Waals surface area contributed by atoms with Crippen LogP contribution in [-0.2, 0) is 17.7 Å². The first-order chi connectivity index (χ1) is 17.2. The highest BCUT2D eigenvalue weighted by molar-refractivity contribution is 5.85. The Hall–Kier alpha value is -2.70. The van der Waals surface area contributed by atoms with Gasteiger partial charge in [-0.2, -0.15) is 0 Å². The number of benzene rings is 1. The highest BCUT2D eigenvalue weighted by Gasteiger charge is 2.28. The Morgan fingerprint density at radius 2 is 2.06 bits per heavy atom. The van der Waals surface area contributed by atoms with E-state index in [-0.39, 0.29) is 12.6 Å². The molecule has 0 N–H and O–H groups in total. The summed E-state index contributed by atoms with van der Waals surface area (Å²) in [5.74, 6) is 1.58. The number of pyridine rings is 1. The minimum absolute atomic E-state index is 0.196. The van der Waals surface area contributed by atoms with E-state index in [9.17, 15) is 4.39 Å². The van der Waals surface area contributed by atoms with Crippen molar-refractivity contribution < 1.29 is 13.9 Å². The van der Waals surface area contributed by atoms with Gasteiger partial charge in [0, 0.05) is 50.5 Å². The van der Waals surface area contributed by atoms with E-state index in [2.05, 4.69) is 52.0 Å². The van der Waals surface area contributed by atoms with E-state index in [1.54, 1.807) is 7.11 Å². The van der Waals surface area contributed by atoms with Crippen LogP contribution in [0.3, 0.4) is 0 Å². The Kier molecular flexibility index (Phi) is 6.33. The third-order valence-electron chi connectivity index (χ3n) is 7.88. The molecule has 2 aliphatic heterocycles. The predicted molar refractivity (Wildman–Crippen MR) is 135 cm³/mol. The number of ether oxygens (including phenoxy) is 2. The van der Waals surface area contributed by atoms with E-state index in [1.807, 2.05) is 0 Å². The van der Waals surface area contributed by atoms with Gasteiger partial charge in [0.05, 0.1) is 26.1 Å². The molecule has 3 aliphatic rings. The van der Waals surface area contributed by atoms with Gasteiger partial charge < -0.3 is 13.9 Å². The first-order valence-electron chi connectivity index (χ1n) is 13.0. The minimum atomic E-state index is -0.220. The number of nitrogens with zero attached hydrogens (tertiary/aromatic N) is 3. The Bertz CT molecular complexity index is 1240. The molecule has 35 heavy (non-hydrogen) atoms. The van der Waals surface area contributed by atoms with Gasteiger partial charge in [-0.1, -0.05) is 11.6 Å². The van der Waals surface area contributed by atoms with E-state index in [0.717, 1.165) is 75.6 Å². The lowest BCUT2D eigenvalue weighted by Crippen LogP contribution is -2.46. The number of aromatic nitrogens is 2.